The standard InChI is InChI=1S/C11H19N3O2/c1-8-9(10(16-3)14(2)13-8)6-11(15)4-5-12-7-11/h12,15H,4-7H2,1-3H3. The first-order valence-electron chi connectivity index (χ1n) is 5.55. The molecule has 0 bridgehead atoms. The molecule has 1 saturated heterocycles. The minimum Gasteiger partial charge on any atom is -0.481 e. The molecule has 1 aliphatic rings. The average molecular weight is 225 g/mol. The monoisotopic (exact) mass is 225 g/mol. The van der Waals surface area contributed by atoms with Crippen LogP contribution in [0.5, 0.6) is 5.88 Å². The normalized spacial score (nSPS) is 25.0. The third kappa shape index (κ3) is 1.92. The Morgan fingerprint density at radius 1 is 1.62 bits per heavy atom. The zero-order valence-electron chi connectivity index (χ0n) is 10.1. The molecule has 0 aliphatic carbocycles. The van der Waals surface area contributed by atoms with Crippen molar-refractivity contribution in [2.75, 3.05) is 20.2 Å². The van der Waals surface area contributed by atoms with Gasteiger partial charge >= 0.3 is 0 Å². The van der Waals surface area contributed by atoms with Gasteiger partial charge in [0.25, 0.3) is 0 Å². The summed E-state index contributed by atoms with van der Waals surface area (Å²) in [6.07, 6.45) is 1.38. The number of nitrogens with one attached hydrogen (secondary N) is 1. The highest BCUT2D eigenvalue weighted by Gasteiger charge is 2.33. The smallest absolute Gasteiger partial charge is 0.214 e. The first kappa shape index (κ1) is 11.4. The van der Waals surface area contributed by atoms with Crippen molar-refractivity contribution in [3.8, 4) is 5.88 Å². The summed E-state index contributed by atoms with van der Waals surface area (Å²) < 4.78 is 7.04. The fourth-order valence-electron chi connectivity index (χ4n) is 2.35. The Morgan fingerprint density at radius 3 is 2.94 bits per heavy atom. The molecule has 1 aromatic heterocycles. The number of aromatic nitrogens is 2. The van der Waals surface area contributed by atoms with Crippen LogP contribution >= 0.6 is 0 Å². The third-order valence-electron chi connectivity index (χ3n) is 3.21. The Labute approximate surface area is 95.4 Å². The Kier molecular flexibility index (Phi) is 2.90. The van der Waals surface area contributed by atoms with Gasteiger partial charge in [0, 0.05) is 25.6 Å². The molecule has 1 atom stereocenters. The summed E-state index contributed by atoms with van der Waals surface area (Å²) in [7, 11) is 3.49. The van der Waals surface area contributed by atoms with Gasteiger partial charge < -0.3 is 15.2 Å². The van der Waals surface area contributed by atoms with E-state index in [1.54, 1.807) is 11.8 Å². The second-order valence-electron chi connectivity index (χ2n) is 4.52. The largest absolute Gasteiger partial charge is 0.481 e. The van der Waals surface area contributed by atoms with Gasteiger partial charge in [-0.1, -0.05) is 0 Å². The summed E-state index contributed by atoms with van der Waals surface area (Å²) >= 11 is 0. The Morgan fingerprint density at radius 2 is 2.38 bits per heavy atom. The van der Waals surface area contributed by atoms with E-state index in [-0.39, 0.29) is 0 Å². The second kappa shape index (κ2) is 4.07. The van der Waals surface area contributed by atoms with Gasteiger partial charge in [-0.3, -0.25) is 0 Å². The highest BCUT2D eigenvalue weighted by Crippen LogP contribution is 2.28. The second-order valence-corrected chi connectivity index (χ2v) is 4.52. The van der Waals surface area contributed by atoms with E-state index < -0.39 is 5.60 Å². The Bertz CT molecular complexity index is 381. The fraction of sp³-hybridized carbons (Fsp3) is 0.727. The number of aryl methyl sites for hydroxylation is 2. The minimum absolute atomic E-state index is 0.600. The zero-order chi connectivity index (χ0) is 11.8. The summed E-state index contributed by atoms with van der Waals surface area (Å²) in [4.78, 5) is 0. The molecule has 0 saturated carbocycles. The van der Waals surface area contributed by atoms with Crippen LogP contribution in [0.3, 0.4) is 0 Å². The molecular weight excluding hydrogens is 206 g/mol. The molecule has 5 heteroatoms. The molecule has 0 amide bonds. The Balaban J connectivity index is 2.26. The molecule has 16 heavy (non-hydrogen) atoms. The van der Waals surface area contributed by atoms with Crippen molar-refractivity contribution in [1.82, 2.24) is 15.1 Å². The molecule has 2 N–H and O–H groups in total. The predicted molar refractivity (Wildman–Crippen MR) is 60.6 cm³/mol. The van der Waals surface area contributed by atoms with E-state index >= 15 is 0 Å². The van der Waals surface area contributed by atoms with Crippen molar-refractivity contribution in [1.29, 1.82) is 0 Å². The van der Waals surface area contributed by atoms with Crippen molar-refractivity contribution < 1.29 is 9.84 Å². The van der Waals surface area contributed by atoms with E-state index in [9.17, 15) is 5.11 Å². The lowest BCUT2D eigenvalue weighted by molar-refractivity contribution is 0.0610. The summed E-state index contributed by atoms with van der Waals surface area (Å²) in [6.45, 7) is 3.46. The van der Waals surface area contributed by atoms with Crippen LogP contribution in [0.2, 0.25) is 0 Å². The molecule has 0 radical (unpaired) electrons. The molecule has 5 nitrogen and oxygen atoms in total. The van der Waals surface area contributed by atoms with Crippen LogP contribution in [0.25, 0.3) is 0 Å². The van der Waals surface area contributed by atoms with Gasteiger partial charge in [0.2, 0.25) is 5.88 Å². The number of β-amino-alcohol motifs (C(OH)–C–C–N with tert-alkyl or cyclic N) is 1. The van der Waals surface area contributed by atoms with E-state index in [0.717, 1.165) is 30.1 Å². The van der Waals surface area contributed by atoms with Crippen molar-refractivity contribution in [3.63, 3.8) is 0 Å². The van der Waals surface area contributed by atoms with E-state index in [2.05, 4.69) is 10.4 Å². The van der Waals surface area contributed by atoms with E-state index in [1.807, 2.05) is 14.0 Å². The van der Waals surface area contributed by atoms with E-state index in [1.165, 1.54) is 0 Å². The van der Waals surface area contributed by atoms with Crippen LogP contribution in [-0.4, -0.2) is 40.7 Å². The van der Waals surface area contributed by atoms with Crippen molar-refractivity contribution in [2.24, 2.45) is 7.05 Å². The van der Waals surface area contributed by atoms with E-state index in [0.29, 0.717) is 13.0 Å². The molecule has 1 aliphatic heterocycles. The molecule has 2 rings (SSSR count). The van der Waals surface area contributed by atoms with Crippen LogP contribution in [0.1, 0.15) is 17.7 Å². The maximum Gasteiger partial charge on any atom is 0.214 e. The van der Waals surface area contributed by atoms with Crippen molar-refractivity contribution in [2.45, 2.75) is 25.4 Å². The lowest BCUT2D eigenvalue weighted by atomic mass is 9.94. The summed E-state index contributed by atoms with van der Waals surface area (Å²) in [5, 5.41) is 17.8. The van der Waals surface area contributed by atoms with Crippen LogP contribution < -0.4 is 10.1 Å². The molecular formula is C11H19N3O2. The van der Waals surface area contributed by atoms with Gasteiger partial charge in [0.15, 0.2) is 0 Å². The molecule has 1 aromatic rings. The number of methoxy groups -OCH3 is 1. The van der Waals surface area contributed by atoms with Crippen molar-refractivity contribution >= 4 is 0 Å². The quantitative estimate of drug-likeness (QED) is 0.760. The molecule has 0 aromatic carbocycles. The van der Waals surface area contributed by atoms with Crippen LogP contribution in [-0.2, 0) is 13.5 Å². The molecule has 2 heterocycles. The van der Waals surface area contributed by atoms with Gasteiger partial charge in [-0.15, -0.1) is 0 Å². The van der Waals surface area contributed by atoms with Gasteiger partial charge in [-0.05, 0) is 19.9 Å². The summed E-state index contributed by atoms with van der Waals surface area (Å²) in [5.41, 5.74) is 1.29. The maximum atomic E-state index is 10.3. The predicted octanol–water partition coefficient (Wildman–Crippen LogP) is 0.00402. The van der Waals surface area contributed by atoms with Crippen LogP contribution in [0.4, 0.5) is 0 Å². The molecule has 1 fully saturated rings. The Hall–Kier alpha value is -1.07. The third-order valence-corrected chi connectivity index (χ3v) is 3.21. The highest BCUT2D eigenvalue weighted by atomic mass is 16.5. The summed E-state index contributed by atoms with van der Waals surface area (Å²) in [6, 6.07) is 0. The number of rotatable bonds is 3. The van der Waals surface area contributed by atoms with Crippen molar-refractivity contribution in [3.05, 3.63) is 11.3 Å². The van der Waals surface area contributed by atoms with Crippen LogP contribution in [0, 0.1) is 6.92 Å². The summed E-state index contributed by atoms with van der Waals surface area (Å²) in [5.74, 6) is 0.748. The van der Waals surface area contributed by atoms with Gasteiger partial charge in [-0.25, -0.2) is 4.68 Å². The highest BCUT2D eigenvalue weighted by molar-refractivity contribution is 5.32. The van der Waals surface area contributed by atoms with Crippen LogP contribution in [0.15, 0.2) is 0 Å². The molecule has 1 unspecified atom stereocenters. The topological polar surface area (TPSA) is 59.3 Å². The number of nitrogens with zero attached hydrogens (tertiary/aromatic N) is 2. The molecule has 0 spiro atoms. The number of hydrogen-bond donors (Lipinski definition) is 2. The first-order valence-corrected chi connectivity index (χ1v) is 5.55. The minimum atomic E-state index is -0.652. The van der Waals surface area contributed by atoms with E-state index in [4.69, 9.17) is 4.74 Å². The number of ether oxygens (including phenoxy) is 1. The zero-order valence-corrected chi connectivity index (χ0v) is 10.1. The lowest BCUT2D eigenvalue weighted by Crippen LogP contribution is -2.34. The van der Waals surface area contributed by atoms with Gasteiger partial charge in [-0.2, -0.15) is 5.10 Å². The maximum absolute atomic E-state index is 10.3. The molecule has 90 valence electrons. The SMILES string of the molecule is COc1c(CC2(O)CCNC2)c(C)nn1C. The van der Waals surface area contributed by atoms with Gasteiger partial charge in [0.1, 0.15) is 0 Å². The average Bonchev–Trinajstić information content (AvgIpc) is 2.74. The van der Waals surface area contributed by atoms with Gasteiger partial charge in [0.05, 0.1) is 18.4 Å². The fourth-order valence-corrected chi connectivity index (χ4v) is 2.35. The lowest BCUT2D eigenvalue weighted by Gasteiger charge is -2.21. The first-order chi connectivity index (χ1) is 7.56. The number of aliphatic hydroxyl groups is 1. The number of hydrogen-bond acceptors (Lipinski definition) is 4.